The van der Waals surface area contributed by atoms with Gasteiger partial charge in [0.15, 0.2) is 0 Å². The molecule has 2 aliphatic rings. The first-order valence-electron chi connectivity index (χ1n) is 10.4. The molecular weight excluding hydrogens is 413 g/mol. The second-order valence-electron chi connectivity index (χ2n) is 8.90. The molecule has 0 radical (unpaired) electrons. The predicted octanol–water partition coefficient (Wildman–Crippen LogP) is 4.16. The van der Waals surface area contributed by atoms with Crippen molar-refractivity contribution in [2.24, 2.45) is 16.1 Å². The lowest BCUT2D eigenvalue weighted by atomic mass is 9.69. The van der Waals surface area contributed by atoms with Gasteiger partial charge < -0.3 is 24.9 Å². The van der Waals surface area contributed by atoms with E-state index in [1.165, 1.54) is 12.1 Å². The van der Waals surface area contributed by atoms with Crippen molar-refractivity contribution in [3.05, 3.63) is 53.0 Å². The molecule has 1 unspecified atom stereocenters. The third kappa shape index (κ3) is 6.50. The van der Waals surface area contributed by atoms with Crippen molar-refractivity contribution in [3.8, 4) is 0 Å². The van der Waals surface area contributed by atoms with Gasteiger partial charge in [-0.15, -0.1) is 0 Å². The monoisotopic (exact) mass is 445 g/mol. The molecule has 0 aromatic heterocycles. The van der Waals surface area contributed by atoms with E-state index in [4.69, 9.17) is 10.5 Å². The van der Waals surface area contributed by atoms with Crippen LogP contribution in [0, 0.1) is 11.2 Å². The molecule has 174 valence electrons. The number of fused-ring (bicyclic) bond motifs is 1. The number of hydrogen-bond acceptors (Lipinski definition) is 6. The van der Waals surface area contributed by atoms with Crippen LogP contribution in [0.4, 0.5) is 14.9 Å². The van der Waals surface area contributed by atoms with Gasteiger partial charge in [-0.2, -0.15) is 0 Å². The van der Waals surface area contributed by atoms with Gasteiger partial charge in [-0.05, 0) is 69.5 Å². The van der Waals surface area contributed by atoms with E-state index < -0.39 is 17.1 Å². The number of aldehydes is 1. The molecule has 1 amide bonds. The first-order valence-corrected chi connectivity index (χ1v) is 10.4. The Morgan fingerprint density at radius 2 is 1.88 bits per heavy atom. The quantitative estimate of drug-likeness (QED) is 0.557. The molecule has 1 aromatic rings. The van der Waals surface area contributed by atoms with Crippen molar-refractivity contribution in [2.75, 3.05) is 27.3 Å². The maximum atomic E-state index is 13.1. The van der Waals surface area contributed by atoms with Gasteiger partial charge in [-0.25, -0.2) is 9.18 Å². The number of carbonyl (C=O) groups is 2. The number of carbonyl (C=O) groups excluding carboxylic acids is 2. The number of nitrogens with zero attached hydrogens (tertiary/aromatic N) is 2. The Morgan fingerprint density at radius 3 is 2.44 bits per heavy atom. The Morgan fingerprint density at radius 1 is 1.25 bits per heavy atom. The summed E-state index contributed by atoms with van der Waals surface area (Å²) in [4.78, 5) is 30.6. The lowest BCUT2D eigenvalue weighted by Gasteiger charge is -2.43. The summed E-state index contributed by atoms with van der Waals surface area (Å²) in [7, 11) is 3.25. The molecule has 1 aromatic carbocycles. The Kier molecular flexibility index (Phi) is 8.32. The number of piperidine rings is 1. The van der Waals surface area contributed by atoms with Gasteiger partial charge >= 0.3 is 6.09 Å². The normalized spacial score (nSPS) is 20.8. The molecule has 0 spiro atoms. The molecule has 1 aliphatic heterocycles. The number of hydrogen-bond donors (Lipinski definition) is 1. The van der Waals surface area contributed by atoms with Crippen molar-refractivity contribution < 1.29 is 23.5 Å². The van der Waals surface area contributed by atoms with Crippen LogP contribution in [0.1, 0.15) is 33.6 Å². The highest BCUT2D eigenvalue weighted by atomic mass is 19.1. The van der Waals surface area contributed by atoms with E-state index in [2.05, 4.69) is 9.73 Å². The van der Waals surface area contributed by atoms with Crippen LogP contribution in [0.3, 0.4) is 0 Å². The highest BCUT2D eigenvalue weighted by Gasteiger charge is 2.44. The third-order valence-corrected chi connectivity index (χ3v) is 5.04. The molecule has 2 N–H and O–H groups in total. The van der Waals surface area contributed by atoms with Crippen LogP contribution in [0.25, 0.3) is 0 Å². The third-order valence-electron chi connectivity index (χ3n) is 5.04. The molecule has 1 aliphatic carbocycles. The second kappa shape index (κ2) is 10.5. The summed E-state index contributed by atoms with van der Waals surface area (Å²) in [6.45, 7) is 6.14. The Balaban J connectivity index is 0.00000114. The molecule has 1 atom stereocenters. The minimum absolute atomic E-state index is 0.235. The van der Waals surface area contributed by atoms with E-state index >= 15 is 0 Å². The SMILES string of the molecule is CC(C)(C)OC(=O)N1CCC2=CC(N)=C(C=Nc3ccc(F)cc3)CC2(C=O)C1.COC. The largest absolute Gasteiger partial charge is 0.444 e. The minimum atomic E-state index is -0.845. The maximum absolute atomic E-state index is 13.1. The molecule has 0 saturated carbocycles. The number of ether oxygens (including phenoxy) is 2. The Hall–Kier alpha value is -3.00. The van der Waals surface area contributed by atoms with Crippen molar-refractivity contribution in [1.29, 1.82) is 0 Å². The number of methoxy groups -OCH3 is 1. The average molecular weight is 446 g/mol. The van der Waals surface area contributed by atoms with Crippen LogP contribution in [-0.4, -0.2) is 56.4 Å². The maximum Gasteiger partial charge on any atom is 0.410 e. The van der Waals surface area contributed by atoms with Crippen LogP contribution in [0.2, 0.25) is 0 Å². The van der Waals surface area contributed by atoms with E-state index in [-0.39, 0.29) is 12.4 Å². The lowest BCUT2D eigenvalue weighted by molar-refractivity contribution is -0.116. The Labute approximate surface area is 188 Å². The zero-order valence-electron chi connectivity index (χ0n) is 19.4. The first-order chi connectivity index (χ1) is 15.0. The van der Waals surface area contributed by atoms with Crippen molar-refractivity contribution in [2.45, 2.75) is 39.2 Å². The Bertz CT molecular complexity index is 916. The molecule has 7 nitrogen and oxygen atoms in total. The van der Waals surface area contributed by atoms with Gasteiger partial charge in [0.25, 0.3) is 0 Å². The number of amides is 1. The smallest absolute Gasteiger partial charge is 0.410 e. The van der Waals surface area contributed by atoms with E-state index in [1.807, 2.05) is 26.8 Å². The van der Waals surface area contributed by atoms with E-state index in [9.17, 15) is 14.0 Å². The van der Waals surface area contributed by atoms with Gasteiger partial charge in [-0.1, -0.05) is 5.57 Å². The average Bonchev–Trinajstić information content (AvgIpc) is 2.72. The number of halogens is 1. The van der Waals surface area contributed by atoms with Gasteiger partial charge in [0.2, 0.25) is 0 Å². The fourth-order valence-corrected chi connectivity index (χ4v) is 3.57. The fourth-order valence-electron chi connectivity index (χ4n) is 3.57. The van der Waals surface area contributed by atoms with Crippen LogP contribution in [0.15, 0.2) is 52.2 Å². The van der Waals surface area contributed by atoms with Crippen molar-refractivity contribution in [1.82, 2.24) is 4.90 Å². The van der Waals surface area contributed by atoms with Crippen molar-refractivity contribution in [3.63, 3.8) is 0 Å². The van der Waals surface area contributed by atoms with Crippen molar-refractivity contribution >= 4 is 24.3 Å². The number of allylic oxidation sites excluding steroid dienone is 2. The van der Waals surface area contributed by atoms with Crippen LogP contribution < -0.4 is 5.73 Å². The summed E-state index contributed by atoms with van der Waals surface area (Å²) < 4.78 is 22.8. The number of aliphatic imine (C=N–C) groups is 1. The fraction of sp³-hybridized carbons (Fsp3) is 0.458. The number of nitrogens with two attached hydrogens (primary N) is 1. The van der Waals surface area contributed by atoms with Gasteiger partial charge in [0.05, 0.1) is 11.1 Å². The summed E-state index contributed by atoms with van der Waals surface area (Å²) >= 11 is 0. The van der Waals surface area contributed by atoms with Crippen LogP contribution in [0.5, 0.6) is 0 Å². The minimum Gasteiger partial charge on any atom is -0.444 e. The molecule has 1 fully saturated rings. The molecule has 1 saturated heterocycles. The van der Waals surface area contributed by atoms with Gasteiger partial charge in [-0.3, -0.25) is 4.99 Å². The summed E-state index contributed by atoms with van der Waals surface area (Å²) in [5, 5.41) is 0. The second-order valence-corrected chi connectivity index (χ2v) is 8.90. The summed E-state index contributed by atoms with van der Waals surface area (Å²) in [6, 6.07) is 5.78. The van der Waals surface area contributed by atoms with Gasteiger partial charge in [0, 0.05) is 39.2 Å². The molecule has 3 rings (SSSR count). The topological polar surface area (TPSA) is 94.2 Å². The van der Waals surface area contributed by atoms with Crippen LogP contribution >= 0.6 is 0 Å². The van der Waals surface area contributed by atoms with E-state index in [0.717, 1.165) is 11.9 Å². The molecular formula is C24H32FN3O4. The summed E-state index contributed by atoms with van der Waals surface area (Å²) in [5.74, 6) is -0.336. The number of likely N-dealkylation sites (tertiary alicyclic amines) is 1. The number of rotatable bonds is 3. The zero-order valence-corrected chi connectivity index (χ0v) is 19.4. The molecule has 0 bridgehead atoms. The first kappa shape index (κ1) is 25.3. The summed E-state index contributed by atoms with van der Waals surface area (Å²) in [6.07, 6.45) is 4.79. The molecule has 32 heavy (non-hydrogen) atoms. The van der Waals surface area contributed by atoms with E-state index in [0.29, 0.717) is 36.3 Å². The predicted molar refractivity (Wildman–Crippen MR) is 122 cm³/mol. The molecule has 8 heteroatoms. The standard InChI is InChI=1S/C22H26FN3O3.C2H6O/c1-21(2,3)29-20(28)26-9-8-16-10-19(24)15(11-22(16,13-26)14-27)12-25-18-6-4-17(23)5-7-18;1-3-2/h4-7,10,12,14H,8-9,11,13,24H2,1-3H3;1-2H3. The number of benzene rings is 1. The highest BCUT2D eigenvalue weighted by molar-refractivity contribution is 5.86. The lowest BCUT2D eigenvalue weighted by Crippen LogP contribution is -2.50. The summed E-state index contributed by atoms with van der Waals surface area (Å²) in [5.41, 5.74) is 7.50. The zero-order chi connectivity index (χ0) is 23.9. The van der Waals surface area contributed by atoms with Crippen LogP contribution in [-0.2, 0) is 14.3 Å². The van der Waals surface area contributed by atoms with E-state index in [1.54, 1.807) is 37.5 Å². The molecule has 1 heterocycles. The van der Waals surface area contributed by atoms with Gasteiger partial charge in [0.1, 0.15) is 17.7 Å². The highest BCUT2D eigenvalue weighted by Crippen LogP contribution is 2.42.